The first-order valence-electron chi connectivity index (χ1n) is 6.70. The predicted octanol–water partition coefficient (Wildman–Crippen LogP) is 2.28. The van der Waals surface area contributed by atoms with Crippen LogP contribution in [0.4, 0.5) is 0 Å². The summed E-state index contributed by atoms with van der Waals surface area (Å²) >= 11 is 0. The lowest BCUT2D eigenvalue weighted by Crippen LogP contribution is -2.56. The van der Waals surface area contributed by atoms with E-state index in [1.54, 1.807) is 13.0 Å². The van der Waals surface area contributed by atoms with E-state index in [0.29, 0.717) is 25.0 Å². The summed E-state index contributed by atoms with van der Waals surface area (Å²) in [6, 6.07) is 1.58. The number of hydrogen-bond donors (Lipinski definition) is 1. The fourth-order valence-electron chi connectivity index (χ4n) is 2.49. The van der Waals surface area contributed by atoms with Gasteiger partial charge in [-0.25, -0.2) is 4.79 Å². The number of ether oxygens (including phenoxy) is 1. The van der Waals surface area contributed by atoms with Crippen molar-refractivity contribution in [1.29, 1.82) is 0 Å². The Bertz CT molecular complexity index is 432. The predicted molar refractivity (Wildman–Crippen MR) is 68.6 cm³/mol. The van der Waals surface area contributed by atoms with Crippen LogP contribution >= 0.6 is 0 Å². The molecule has 0 aliphatic heterocycles. The summed E-state index contributed by atoms with van der Waals surface area (Å²) in [5.41, 5.74) is -0.447. The molecule has 5 nitrogen and oxygen atoms in total. The van der Waals surface area contributed by atoms with Crippen LogP contribution in [0.1, 0.15) is 49.4 Å². The Balaban J connectivity index is 2.13. The van der Waals surface area contributed by atoms with Crippen molar-refractivity contribution in [1.82, 2.24) is 5.32 Å². The highest BCUT2D eigenvalue weighted by Crippen LogP contribution is 2.30. The lowest BCUT2D eigenvalue weighted by atomic mass is 9.81. The van der Waals surface area contributed by atoms with Gasteiger partial charge >= 0.3 is 5.97 Å². The van der Waals surface area contributed by atoms with Gasteiger partial charge < -0.3 is 14.5 Å². The minimum Gasteiger partial charge on any atom is -0.472 e. The topological polar surface area (TPSA) is 68.5 Å². The maximum atomic E-state index is 12.2. The summed E-state index contributed by atoms with van der Waals surface area (Å²) in [4.78, 5) is 24.3. The number of esters is 1. The van der Waals surface area contributed by atoms with Gasteiger partial charge in [0.15, 0.2) is 0 Å². The van der Waals surface area contributed by atoms with Crippen LogP contribution in [0.15, 0.2) is 23.0 Å². The highest BCUT2D eigenvalue weighted by Gasteiger charge is 2.42. The molecule has 1 fully saturated rings. The molecule has 19 heavy (non-hydrogen) atoms. The van der Waals surface area contributed by atoms with Gasteiger partial charge in [0.25, 0.3) is 5.91 Å². The molecule has 0 saturated heterocycles. The molecule has 1 saturated carbocycles. The van der Waals surface area contributed by atoms with Crippen molar-refractivity contribution in [3.8, 4) is 0 Å². The van der Waals surface area contributed by atoms with E-state index < -0.39 is 5.54 Å². The summed E-state index contributed by atoms with van der Waals surface area (Å²) in [6.07, 6.45) is 7.01. The Hall–Kier alpha value is -1.78. The first kappa shape index (κ1) is 13.6. The number of furan rings is 1. The molecule has 1 heterocycles. The van der Waals surface area contributed by atoms with E-state index in [1.165, 1.54) is 12.5 Å². The zero-order valence-electron chi connectivity index (χ0n) is 11.1. The van der Waals surface area contributed by atoms with Gasteiger partial charge in [-0.3, -0.25) is 4.79 Å². The average molecular weight is 265 g/mol. The second-order valence-electron chi connectivity index (χ2n) is 4.83. The molecular formula is C14H19NO4. The molecule has 104 valence electrons. The third kappa shape index (κ3) is 2.97. The van der Waals surface area contributed by atoms with Crippen molar-refractivity contribution in [3.05, 3.63) is 24.2 Å². The Morgan fingerprint density at radius 3 is 2.68 bits per heavy atom. The number of amides is 1. The van der Waals surface area contributed by atoms with Gasteiger partial charge in [-0.1, -0.05) is 19.3 Å². The maximum Gasteiger partial charge on any atom is 0.331 e. The summed E-state index contributed by atoms with van der Waals surface area (Å²) < 4.78 is 10.0. The van der Waals surface area contributed by atoms with Gasteiger partial charge in [0.05, 0.1) is 18.4 Å². The highest BCUT2D eigenvalue weighted by molar-refractivity contribution is 5.97. The number of nitrogens with one attached hydrogen (secondary N) is 1. The Morgan fingerprint density at radius 2 is 2.11 bits per heavy atom. The minimum absolute atomic E-state index is 0.288. The van der Waals surface area contributed by atoms with Crippen LogP contribution in [0, 0.1) is 0 Å². The summed E-state index contributed by atoms with van der Waals surface area (Å²) in [5.74, 6) is -0.616. The number of carbonyl (C=O) groups is 2. The summed E-state index contributed by atoms with van der Waals surface area (Å²) in [5, 5.41) is 2.85. The summed E-state index contributed by atoms with van der Waals surface area (Å²) in [7, 11) is 0. The first-order valence-corrected chi connectivity index (χ1v) is 6.70. The standard InChI is InChI=1S/C14H19NO4/c1-2-19-13(17)14(7-4-3-5-8-14)15-12(16)11-6-9-18-10-11/h6,9-10H,2-5,7-8H2,1H3,(H,15,16). The van der Waals surface area contributed by atoms with Crippen LogP contribution in [0.2, 0.25) is 0 Å². The summed E-state index contributed by atoms with van der Waals surface area (Å²) in [6.45, 7) is 2.09. The quantitative estimate of drug-likeness (QED) is 0.848. The van der Waals surface area contributed by atoms with Crippen molar-refractivity contribution < 1.29 is 18.7 Å². The van der Waals surface area contributed by atoms with E-state index >= 15 is 0 Å². The van der Waals surface area contributed by atoms with Crippen LogP contribution in [0.25, 0.3) is 0 Å². The molecule has 0 radical (unpaired) electrons. The van der Waals surface area contributed by atoms with Crippen molar-refractivity contribution in [2.24, 2.45) is 0 Å². The molecule has 1 aliphatic carbocycles. The molecule has 1 aromatic heterocycles. The van der Waals surface area contributed by atoms with Crippen molar-refractivity contribution in [2.45, 2.75) is 44.6 Å². The second-order valence-corrected chi connectivity index (χ2v) is 4.83. The normalized spacial score (nSPS) is 17.7. The van der Waals surface area contributed by atoms with Crippen molar-refractivity contribution in [3.63, 3.8) is 0 Å². The first-order chi connectivity index (χ1) is 9.18. The van der Waals surface area contributed by atoms with Crippen molar-refractivity contribution in [2.75, 3.05) is 6.61 Å². The van der Waals surface area contributed by atoms with E-state index in [2.05, 4.69) is 5.32 Å². The highest BCUT2D eigenvalue weighted by atomic mass is 16.5. The smallest absolute Gasteiger partial charge is 0.331 e. The fraction of sp³-hybridized carbons (Fsp3) is 0.571. The fourth-order valence-corrected chi connectivity index (χ4v) is 2.49. The van der Waals surface area contributed by atoms with E-state index in [-0.39, 0.29) is 11.9 Å². The number of hydrogen-bond acceptors (Lipinski definition) is 4. The van der Waals surface area contributed by atoms with Crippen LogP contribution in [0.5, 0.6) is 0 Å². The zero-order valence-corrected chi connectivity index (χ0v) is 11.1. The molecule has 0 unspecified atom stereocenters. The van der Waals surface area contributed by atoms with Crippen LogP contribution in [-0.2, 0) is 9.53 Å². The maximum absolute atomic E-state index is 12.2. The molecule has 0 bridgehead atoms. The Labute approximate surface area is 112 Å². The van der Waals surface area contributed by atoms with Gasteiger partial charge in [0, 0.05) is 0 Å². The molecule has 0 aromatic carbocycles. The largest absolute Gasteiger partial charge is 0.472 e. The molecule has 0 atom stereocenters. The van der Waals surface area contributed by atoms with E-state index in [0.717, 1.165) is 19.3 Å². The molecule has 1 N–H and O–H groups in total. The van der Waals surface area contributed by atoms with E-state index in [9.17, 15) is 9.59 Å². The molecular weight excluding hydrogens is 246 g/mol. The average Bonchev–Trinajstić information content (AvgIpc) is 2.94. The van der Waals surface area contributed by atoms with Gasteiger partial charge in [-0.15, -0.1) is 0 Å². The Kier molecular flexibility index (Phi) is 4.24. The van der Waals surface area contributed by atoms with Crippen molar-refractivity contribution >= 4 is 11.9 Å². The lowest BCUT2D eigenvalue weighted by Gasteiger charge is -2.35. The van der Waals surface area contributed by atoms with Gasteiger partial charge in [-0.2, -0.15) is 0 Å². The van der Waals surface area contributed by atoms with E-state index in [1.807, 2.05) is 0 Å². The van der Waals surface area contributed by atoms with Crippen LogP contribution in [-0.4, -0.2) is 24.0 Å². The molecule has 1 aromatic rings. The third-order valence-electron chi connectivity index (χ3n) is 3.51. The molecule has 5 heteroatoms. The third-order valence-corrected chi connectivity index (χ3v) is 3.51. The van der Waals surface area contributed by atoms with Crippen LogP contribution in [0.3, 0.4) is 0 Å². The monoisotopic (exact) mass is 265 g/mol. The van der Waals surface area contributed by atoms with Crippen LogP contribution < -0.4 is 5.32 Å². The number of carbonyl (C=O) groups excluding carboxylic acids is 2. The second kappa shape index (κ2) is 5.91. The zero-order chi connectivity index (χ0) is 13.7. The SMILES string of the molecule is CCOC(=O)C1(NC(=O)c2ccoc2)CCCCC1. The van der Waals surface area contributed by atoms with Gasteiger partial charge in [0.2, 0.25) is 0 Å². The lowest BCUT2D eigenvalue weighted by molar-refractivity contribution is -0.152. The van der Waals surface area contributed by atoms with Gasteiger partial charge in [0.1, 0.15) is 11.8 Å². The molecule has 0 spiro atoms. The minimum atomic E-state index is -0.872. The number of rotatable bonds is 4. The molecule has 2 rings (SSSR count). The Morgan fingerprint density at radius 1 is 1.37 bits per heavy atom. The van der Waals surface area contributed by atoms with Gasteiger partial charge in [-0.05, 0) is 25.8 Å². The van der Waals surface area contributed by atoms with E-state index in [4.69, 9.17) is 9.15 Å². The molecule has 1 amide bonds. The molecule has 1 aliphatic rings.